The van der Waals surface area contributed by atoms with Gasteiger partial charge in [-0.1, -0.05) is 11.2 Å². The smallest absolute Gasteiger partial charge is 0.414 e. The average Bonchev–Trinajstić information content (AvgIpc) is 3.36. The van der Waals surface area contributed by atoms with Gasteiger partial charge in [0.15, 0.2) is 5.82 Å². The summed E-state index contributed by atoms with van der Waals surface area (Å²) in [5.74, 6) is 0.152. The predicted molar refractivity (Wildman–Crippen MR) is 99.2 cm³/mol. The Kier molecular flexibility index (Phi) is 4.96. The van der Waals surface area contributed by atoms with Gasteiger partial charge in [0, 0.05) is 24.7 Å². The molecule has 9 heteroatoms. The number of aromatic nitrogens is 1. The molecule has 3 heterocycles. The van der Waals surface area contributed by atoms with Gasteiger partial charge < -0.3 is 19.5 Å². The molecule has 4 rings (SSSR count). The maximum absolute atomic E-state index is 14.7. The monoisotopic (exact) mass is 386 g/mol. The van der Waals surface area contributed by atoms with E-state index in [4.69, 9.17) is 9.26 Å². The van der Waals surface area contributed by atoms with Crippen molar-refractivity contribution in [3.8, 4) is 0 Å². The molecule has 1 aromatic carbocycles. The van der Waals surface area contributed by atoms with Crippen LogP contribution in [0.5, 0.6) is 0 Å². The zero-order valence-corrected chi connectivity index (χ0v) is 15.0. The molecule has 0 bridgehead atoms. The number of hydrogen-bond acceptors (Lipinski definition) is 6. The van der Waals surface area contributed by atoms with Crippen LogP contribution in [0.15, 0.2) is 41.1 Å². The van der Waals surface area contributed by atoms with E-state index in [-0.39, 0.29) is 6.10 Å². The van der Waals surface area contributed by atoms with Gasteiger partial charge in [-0.3, -0.25) is 9.69 Å². The number of hydrogen-bond donors (Lipinski definition) is 1. The first-order valence-electron chi connectivity index (χ1n) is 8.95. The third-order valence-electron chi connectivity index (χ3n) is 4.82. The van der Waals surface area contributed by atoms with Crippen LogP contribution in [-0.4, -0.2) is 54.8 Å². The van der Waals surface area contributed by atoms with Crippen molar-refractivity contribution < 1.29 is 23.2 Å². The molecule has 0 radical (unpaired) electrons. The van der Waals surface area contributed by atoms with Crippen LogP contribution in [0, 0.1) is 5.82 Å². The molecule has 1 aromatic heterocycles. The molecule has 2 aliphatic rings. The number of amides is 2. The number of rotatable bonds is 6. The van der Waals surface area contributed by atoms with E-state index in [1.807, 2.05) is 6.08 Å². The number of halogens is 1. The molecule has 2 aromatic rings. The fourth-order valence-corrected chi connectivity index (χ4v) is 3.32. The summed E-state index contributed by atoms with van der Waals surface area (Å²) >= 11 is 0. The van der Waals surface area contributed by atoms with E-state index in [0.717, 1.165) is 12.0 Å². The van der Waals surface area contributed by atoms with Crippen molar-refractivity contribution in [1.82, 2.24) is 10.1 Å². The van der Waals surface area contributed by atoms with Crippen LogP contribution in [-0.2, 0) is 9.53 Å². The molecule has 8 nitrogen and oxygen atoms in total. The number of nitrogens with one attached hydrogen (secondary N) is 1. The van der Waals surface area contributed by atoms with Crippen molar-refractivity contribution in [2.75, 3.05) is 36.4 Å². The number of carbonyl (C=O) groups is 2. The molecule has 0 aliphatic carbocycles. The van der Waals surface area contributed by atoms with Crippen molar-refractivity contribution in [3.63, 3.8) is 0 Å². The maximum atomic E-state index is 14.7. The summed E-state index contributed by atoms with van der Waals surface area (Å²) in [7, 11) is 0. The summed E-state index contributed by atoms with van der Waals surface area (Å²) in [5, 5.41) is 6.74. The minimum absolute atomic E-state index is 0.305. The molecular weight excluding hydrogens is 367 g/mol. The Bertz CT molecular complexity index is 899. The molecule has 2 amide bonds. The van der Waals surface area contributed by atoms with Crippen molar-refractivity contribution >= 4 is 29.6 Å². The van der Waals surface area contributed by atoms with E-state index in [1.54, 1.807) is 23.1 Å². The van der Waals surface area contributed by atoms with Gasteiger partial charge in [-0.2, -0.15) is 0 Å². The number of carbonyl (C=O) groups excluding carboxylic acids is 2. The van der Waals surface area contributed by atoms with E-state index < -0.39 is 11.9 Å². The predicted octanol–water partition coefficient (Wildman–Crippen LogP) is 2.50. The molecular formula is C19H19FN4O4. The quantitative estimate of drug-likeness (QED) is 0.768. The molecule has 1 unspecified atom stereocenters. The summed E-state index contributed by atoms with van der Waals surface area (Å²) in [6.07, 6.45) is 3.78. The average molecular weight is 386 g/mol. The van der Waals surface area contributed by atoms with Gasteiger partial charge in [0.1, 0.15) is 18.2 Å². The van der Waals surface area contributed by atoms with Gasteiger partial charge in [-0.15, -0.1) is 0 Å². The van der Waals surface area contributed by atoms with Crippen LogP contribution >= 0.6 is 0 Å². The highest BCUT2D eigenvalue weighted by Gasteiger charge is 2.32. The molecule has 1 saturated heterocycles. The van der Waals surface area contributed by atoms with Crippen LogP contribution in [0.4, 0.5) is 20.7 Å². The summed E-state index contributed by atoms with van der Waals surface area (Å²) in [4.78, 5) is 26.0. The van der Waals surface area contributed by atoms with Crippen molar-refractivity contribution in [2.24, 2.45) is 0 Å². The third-order valence-corrected chi connectivity index (χ3v) is 4.82. The Hall–Kier alpha value is -3.36. The number of anilines is 2. The Balaban J connectivity index is 1.43. The lowest BCUT2D eigenvalue weighted by Gasteiger charge is -2.23. The van der Waals surface area contributed by atoms with Crippen LogP contribution in [0.1, 0.15) is 12.0 Å². The molecule has 1 fully saturated rings. The van der Waals surface area contributed by atoms with Crippen LogP contribution in [0.3, 0.4) is 0 Å². The molecule has 0 saturated carbocycles. The first-order chi connectivity index (χ1) is 13.6. The van der Waals surface area contributed by atoms with Gasteiger partial charge >= 0.3 is 6.09 Å². The lowest BCUT2D eigenvalue weighted by atomic mass is 9.98. The van der Waals surface area contributed by atoms with Crippen LogP contribution in [0.25, 0.3) is 5.57 Å². The number of benzene rings is 1. The summed E-state index contributed by atoms with van der Waals surface area (Å²) in [6.45, 7) is 1.71. The lowest BCUT2D eigenvalue weighted by molar-refractivity contribution is -0.117. The molecule has 1 N–H and O–H groups in total. The van der Waals surface area contributed by atoms with Crippen molar-refractivity contribution in [1.29, 1.82) is 0 Å². The Morgan fingerprint density at radius 3 is 2.93 bits per heavy atom. The minimum Gasteiger partial charge on any atom is -0.442 e. The number of ether oxygens (including phenoxy) is 1. The van der Waals surface area contributed by atoms with E-state index in [0.29, 0.717) is 49.7 Å². The molecule has 146 valence electrons. The van der Waals surface area contributed by atoms with Crippen LogP contribution < -0.4 is 10.2 Å². The zero-order valence-electron chi connectivity index (χ0n) is 15.0. The summed E-state index contributed by atoms with van der Waals surface area (Å²) in [5.41, 5.74) is 1.80. The van der Waals surface area contributed by atoms with Gasteiger partial charge in [0.05, 0.1) is 18.8 Å². The standard InChI is InChI=1S/C19H19FN4O4/c20-17-9-14(1-2-16(17)13-3-6-23(12-25)7-4-13)24-11-15(28-19(24)26)10-21-18-5-8-27-22-18/h1-3,5,8-9,12,15H,4,6-7,10-11H2,(H,21,22). The fraction of sp³-hybridized carbons (Fsp3) is 0.316. The first kappa shape index (κ1) is 18.0. The van der Waals surface area contributed by atoms with E-state index in [9.17, 15) is 14.0 Å². The van der Waals surface area contributed by atoms with Gasteiger partial charge in [-0.05, 0) is 30.2 Å². The van der Waals surface area contributed by atoms with E-state index in [1.165, 1.54) is 17.2 Å². The highest BCUT2D eigenvalue weighted by molar-refractivity contribution is 5.90. The topological polar surface area (TPSA) is 87.9 Å². The Morgan fingerprint density at radius 1 is 1.36 bits per heavy atom. The highest BCUT2D eigenvalue weighted by atomic mass is 19.1. The Labute approximate surface area is 160 Å². The van der Waals surface area contributed by atoms with Crippen LogP contribution in [0.2, 0.25) is 0 Å². The van der Waals surface area contributed by atoms with Crippen molar-refractivity contribution in [2.45, 2.75) is 12.5 Å². The second kappa shape index (κ2) is 7.71. The zero-order chi connectivity index (χ0) is 19.5. The largest absolute Gasteiger partial charge is 0.442 e. The van der Waals surface area contributed by atoms with Gasteiger partial charge in [0.2, 0.25) is 6.41 Å². The SMILES string of the molecule is O=CN1CC=C(c2ccc(N3CC(CNc4ccon4)OC3=O)cc2F)CC1. The van der Waals surface area contributed by atoms with E-state index in [2.05, 4.69) is 10.5 Å². The summed E-state index contributed by atoms with van der Waals surface area (Å²) < 4.78 is 24.8. The first-order valence-corrected chi connectivity index (χ1v) is 8.95. The minimum atomic E-state index is -0.516. The third kappa shape index (κ3) is 3.68. The van der Waals surface area contributed by atoms with Crippen molar-refractivity contribution in [3.05, 3.63) is 48.0 Å². The molecule has 28 heavy (non-hydrogen) atoms. The lowest BCUT2D eigenvalue weighted by Crippen LogP contribution is -2.27. The summed E-state index contributed by atoms with van der Waals surface area (Å²) in [6, 6.07) is 6.38. The number of nitrogens with zero attached hydrogens (tertiary/aromatic N) is 3. The van der Waals surface area contributed by atoms with Gasteiger partial charge in [-0.25, -0.2) is 9.18 Å². The molecule has 0 spiro atoms. The molecule has 1 atom stereocenters. The van der Waals surface area contributed by atoms with E-state index >= 15 is 0 Å². The normalized spacial score (nSPS) is 19.4. The Morgan fingerprint density at radius 2 is 2.25 bits per heavy atom. The fourth-order valence-electron chi connectivity index (χ4n) is 3.32. The van der Waals surface area contributed by atoms with Gasteiger partial charge in [0.25, 0.3) is 0 Å². The second-order valence-corrected chi connectivity index (χ2v) is 6.63. The molecule has 2 aliphatic heterocycles. The highest BCUT2D eigenvalue weighted by Crippen LogP contribution is 2.29. The maximum Gasteiger partial charge on any atom is 0.414 e. The second-order valence-electron chi connectivity index (χ2n) is 6.63. The number of cyclic esters (lactones) is 1.